The fourth-order valence-electron chi connectivity index (χ4n) is 4.12. The van der Waals surface area contributed by atoms with Gasteiger partial charge in [0.2, 0.25) is 0 Å². The molecule has 0 aliphatic carbocycles. The Balaban J connectivity index is 0.00000289. The number of para-hydroxylation sites is 1. The largest absolute Gasteiger partial charge is 0.378 e. The molecule has 0 bridgehead atoms. The highest BCUT2D eigenvalue weighted by Gasteiger charge is 2.25. The van der Waals surface area contributed by atoms with Crippen molar-refractivity contribution in [3.63, 3.8) is 0 Å². The first-order valence-electron chi connectivity index (χ1n) is 11.1. The van der Waals surface area contributed by atoms with Crippen LogP contribution in [0.5, 0.6) is 0 Å². The third-order valence-electron chi connectivity index (χ3n) is 5.66. The summed E-state index contributed by atoms with van der Waals surface area (Å²) >= 11 is 6.33. The molecular weight excluding hydrogens is 539 g/mol. The van der Waals surface area contributed by atoms with Crippen LogP contribution >= 0.6 is 35.6 Å². The third-order valence-corrected chi connectivity index (χ3v) is 5.96. The maximum atomic E-state index is 6.33. The molecule has 0 radical (unpaired) electrons. The first-order chi connectivity index (χ1) is 15.2. The van der Waals surface area contributed by atoms with Gasteiger partial charge in [-0.15, -0.1) is 24.0 Å². The number of aliphatic imine (C=N–C) groups is 1. The van der Waals surface area contributed by atoms with Crippen molar-refractivity contribution in [1.29, 1.82) is 0 Å². The third kappa shape index (κ3) is 6.39. The van der Waals surface area contributed by atoms with Gasteiger partial charge in [0.05, 0.1) is 24.8 Å². The molecule has 1 unspecified atom stereocenters. The Hall–Kier alpha value is -1.78. The summed E-state index contributed by atoms with van der Waals surface area (Å²) < 4.78 is 5.51. The van der Waals surface area contributed by atoms with E-state index in [4.69, 9.17) is 21.3 Å². The summed E-state index contributed by atoms with van der Waals surface area (Å²) in [5, 5.41) is 7.69. The van der Waals surface area contributed by atoms with E-state index in [0.29, 0.717) is 17.6 Å². The molecule has 2 saturated heterocycles. The lowest BCUT2D eigenvalue weighted by atomic mass is 10.1. The van der Waals surface area contributed by atoms with E-state index in [9.17, 15) is 0 Å². The molecule has 0 amide bonds. The van der Waals surface area contributed by atoms with E-state index in [0.717, 1.165) is 64.1 Å². The van der Waals surface area contributed by atoms with Crippen LogP contribution in [0.3, 0.4) is 0 Å². The van der Waals surface area contributed by atoms with Crippen LogP contribution in [0, 0.1) is 0 Å². The summed E-state index contributed by atoms with van der Waals surface area (Å²) in [6.45, 7) is 8.72. The van der Waals surface area contributed by atoms with Gasteiger partial charge in [-0.05, 0) is 37.1 Å². The van der Waals surface area contributed by atoms with E-state index >= 15 is 0 Å². The Kier molecular flexibility index (Phi) is 9.68. The summed E-state index contributed by atoms with van der Waals surface area (Å²) in [5.41, 5.74) is 2.48. The average molecular weight is 571 g/mol. The molecule has 4 rings (SSSR count). The van der Waals surface area contributed by atoms with E-state index in [-0.39, 0.29) is 24.0 Å². The van der Waals surface area contributed by atoms with Crippen LogP contribution in [0.15, 0.2) is 47.6 Å². The van der Waals surface area contributed by atoms with Crippen molar-refractivity contribution in [2.24, 2.45) is 4.99 Å². The second kappa shape index (κ2) is 12.5. The van der Waals surface area contributed by atoms with Gasteiger partial charge in [-0.1, -0.05) is 29.8 Å². The average Bonchev–Trinajstić information content (AvgIpc) is 3.27. The zero-order chi connectivity index (χ0) is 21.5. The highest BCUT2D eigenvalue weighted by molar-refractivity contribution is 14.0. The van der Waals surface area contributed by atoms with Gasteiger partial charge in [0, 0.05) is 50.6 Å². The van der Waals surface area contributed by atoms with Crippen LogP contribution in [-0.2, 0) is 11.3 Å². The molecule has 0 spiro atoms. The van der Waals surface area contributed by atoms with Crippen molar-refractivity contribution < 1.29 is 4.74 Å². The van der Waals surface area contributed by atoms with E-state index < -0.39 is 0 Å². The molecule has 1 atom stereocenters. The first kappa shape index (κ1) is 24.9. The summed E-state index contributed by atoms with van der Waals surface area (Å²) in [6, 6.07) is 12.6. The second-order valence-electron chi connectivity index (χ2n) is 7.81. The van der Waals surface area contributed by atoms with Gasteiger partial charge >= 0.3 is 0 Å². The predicted octanol–water partition coefficient (Wildman–Crippen LogP) is 3.52. The number of hydrogen-bond acceptors (Lipinski definition) is 5. The summed E-state index contributed by atoms with van der Waals surface area (Å²) in [4.78, 5) is 14.0. The minimum atomic E-state index is 0. The number of morpholine rings is 1. The number of benzene rings is 1. The van der Waals surface area contributed by atoms with Crippen LogP contribution < -0.4 is 20.4 Å². The minimum absolute atomic E-state index is 0. The van der Waals surface area contributed by atoms with E-state index in [2.05, 4.69) is 56.6 Å². The molecule has 1 aromatic carbocycles. The SMILES string of the molecule is CCNC(=NCc1ccccc1N1CCOCC1)NC1CCN(c2ncccc2Cl)C1.I. The number of rotatable bonds is 6. The topological polar surface area (TPSA) is 65.0 Å². The molecule has 2 aliphatic heterocycles. The van der Waals surface area contributed by atoms with Crippen molar-refractivity contribution in [2.75, 3.05) is 55.7 Å². The van der Waals surface area contributed by atoms with Crippen molar-refractivity contribution in [3.05, 3.63) is 53.2 Å². The number of aromatic nitrogens is 1. The molecule has 2 fully saturated rings. The molecule has 0 saturated carbocycles. The fraction of sp³-hybridized carbons (Fsp3) is 0.478. The number of halogens is 2. The Morgan fingerprint density at radius 1 is 1.16 bits per heavy atom. The zero-order valence-corrected chi connectivity index (χ0v) is 21.6. The number of nitrogens with one attached hydrogen (secondary N) is 2. The van der Waals surface area contributed by atoms with Gasteiger partial charge in [-0.25, -0.2) is 9.98 Å². The number of nitrogens with zero attached hydrogens (tertiary/aromatic N) is 4. The van der Waals surface area contributed by atoms with Crippen LogP contribution in [0.2, 0.25) is 5.02 Å². The Bertz CT molecular complexity index is 892. The standard InChI is InChI=1S/C23H31ClN6O.HI/c1-2-25-23(28-19-9-11-30(17-19)22-20(24)7-5-10-26-22)27-16-18-6-3-4-8-21(18)29-12-14-31-15-13-29;/h3-8,10,19H,2,9,11-17H2,1H3,(H2,25,27,28);1H. The minimum Gasteiger partial charge on any atom is -0.378 e. The number of hydrogen-bond donors (Lipinski definition) is 2. The van der Waals surface area contributed by atoms with Gasteiger partial charge < -0.3 is 25.2 Å². The molecule has 1 aromatic heterocycles. The molecule has 2 N–H and O–H groups in total. The molecule has 9 heteroatoms. The van der Waals surface area contributed by atoms with Crippen molar-refractivity contribution >= 4 is 53.0 Å². The fourth-order valence-corrected chi connectivity index (χ4v) is 4.36. The van der Waals surface area contributed by atoms with Gasteiger partial charge in [0.15, 0.2) is 5.96 Å². The lowest BCUT2D eigenvalue weighted by molar-refractivity contribution is 0.122. The Labute approximate surface area is 212 Å². The lowest BCUT2D eigenvalue weighted by Gasteiger charge is -2.30. The smallest absolute Gasteiger partial charge is 0.191 e. The van der Waals surface area contributed by atoms with Crippen molar-refractivity contribution in [2.45, 2.75) is 25.9 Å². The number of pyridine rings is 1. The van der Waals surface area contributed by atoms with E-state index in [1.165, 1.54) is 11.3 Å². The molecule has 174 valence electrons. The molecule has 2 aliphatic rings. The Morgan fingerprint density at radius 2 is 1.97 bits per heavy atom. The van der Waals surface area contributed by atoms with E-state index in [1.54, 1.807) is 6.20 Å². The monoisotopic (exact) mass is 570 g/mol. The highest BCUT2D eigenvalue weighted by atomic mass is 127. The molecule has 2 aromatic rings. The van der Waals surface area contributed by atoms with Crippen molar-refractivity contribution in [1.82, 2.24) is 15.6 Å². The predicted molar refractivity (Wildman–Crippen MR) is 143 cm³/mol. The molecule has 7 nitrogen and oxygen atoms in total. The quantitative estimate of drug-likeness (QED) is 0.315. The number of ether oxygens (including phenoxy) is 1. The van der Waals surface area contributed by atoms with Gasteiger partial charge in [-0.3, -0.25) is 0 Å². The van der Waals surface area contributed by atoms with Gasteiger partial charge in [0.25, 0.3) is 0 Å². The summed E-state index contributed by atoms with van der Waals surface area (Å²) in [5.74, 6) is 1.70. The van der Waals surface area contributed by atoms with Gasteiger partial charge in [0.1, 0.15) is 5.82 Å². The zero-order valence-electron chi connectivity index (χ0n) is 18.5. The van der Waals surface area contributed by atoms with Crippen LogP contribution in [0.4, 0.5) is 11.5 Å². The highest BCUT2D eigenvalue weighted by Crippen LogP contribution is 2.26. The van der Waals surface area contributed by atoms with Crippen molar-refractivity contribution in [3.8, 4) is 0 Å². The normalized spacial score (nSPS) is 18.9. The molecule has 32 heavy (non-hydrogen) atoms. The van der Waals surface area contributed by atoms with Crippen LogP contribution in [0.1, 0.15) is 18.9 Å². The number of guanidine groups is 1. The van der Waals surface area contributed by atoms with Crippen LogP contribution in [-0.4, -0.2) is 62.9 Å². The maximum Gasteiger partial charge on any atom is 0.191 e. The molecular formula is C23H32ClIN6O. The Morgan fingerprint density at radius 3 is 2.75 bits per heavy atom. The lowest BCUT2D eigenvalue weighted by Crippen LogP contribution is -2.44. The van der Waals surface area contributed by atoms with E-state index in [1.807, 2.05) is 12.1 Å². The van der Waals surface area contributed by atoms with Gasteiger partial charge in [-0.2, -0.15) is 0 Å². The maximum absolute atomic E-state index is 6.33. The summed E-state index contributed by atoms with van der Waals surface area (Å²) in [7, 11) is 0. The molecule has 3 heterocycles. The second-order valence-corrected chi connectivity index (χ2v) is 8.22. The number of anilines is 2. The first-order valence-corrected chi connectivity index (χ1v) is 11.4. The summed E-state index contributed by atoms with van der Waals surface area (Å²) in [6.07, 6.45) is 2.81. The van der Waals surface area contributed by atoms with Crippen LogP contribution in [0.25, 0.3) is 0 Å².